The van der Waals surface area contributed by atoms with Crippen molar-refractivity contribution in [1.29, 1.82) is 0 Å². The van der Waals surface area contributed by atoms with E-state index in [1.54, 1.807) is 7.11 Å². The number of carbonyl (C=O) groups is 1. The summed E-state index contributed by atoms with van der Waals surface area (Å²) in [5.74, 6) is -0.0857. The van der Waals surface area contributed by atoms with Crippen molar-refractivity contribution in [2.45, 2.75) is 25.0 Å². The van der Waals surface area contributed by atoms with E-state index in [1.165, 1.54) is 0 Å². The summed E-state index contributed by atoms with van der Waals surface area (Å²) < 4.78 is 10.7. The van der Waals surface area contributed by atoms with Gasteiger partial charge in [-0.25, -0.2) is 0 Å². The zero-order chi connectivity index (χ0) is 17.7. The first-order chi connectivity index (χ1) is 12.1. The van der Waals surface area contributed by atoms with Gasteiger partial charge in [0.05, 0.1) is 18.8 Å². The highest BCUT2D eigenvalue weighted by Gasteiger charge is 2.36. The summed E-state index contributed by atoms with van der Waals surface area (Å²) in [6, 6.07) is 15.2. The second-order valence-corrected chi connectivity index (χ2v) is 6.91. The van der Waals surface area contributed by atoms with Crippen LogP contribution in [-0.4, -0.2) is 31.8 Å². The molecule has 1 heterocycles. The summed E-state index contributed by atoms with van der Waals surface area (Å²) in [4.78, 5) is 12.8. The number of nitrogens with one attached hydrogen (secondary N) is 1. The maximum atomic E-state index is 12.8. The molecule has 1 fully saturated rings. The summed E-state index contributed by atoms with van der Waals surface area (Å²) in [5.41, 5.74) is 2.35. The van der Waals surface area contributed by atoms with Crippen LogP contribution in [0.2, 0.25) is 5.02 Å². The second-order valence-electron chi connectivity index (χ2n) is 6.47. The van der Waals surface area contributed by atoms with Crippen LogP contribution in [0.25, 0.3) is 0 Å². The predicted octanol–water partition coefficient (Wildman–Crippen LogP) is 3.62. The first-order valence-corrected chi connectivity index (χ1v) is 8.71. The Morgan fingerprint density at radius 1 is 1.24 bits per heavy atom. The minimum Gasteiger partial charge on any atom is -0.380 e. The van der Waals surface area contributed by atoms with E-state index in [4.69, 9.17) is 21.1 Å². The van der Waals surface area contributed by atoms with Crippen molar-refractivity contribution >= 4 is 17.5 Å². The third-order valence-corrected chi connectivity index (χ3v) is 4.69. The predicted molar refractivity (Wildman–Crippen MR) is 97.9 cm³/mol. The monoisotopic (exact) mass is 359 g/mol. The van der Waals surface area contributed by atoms with Crippen molar-refractivity contribution in [1.82, 2.24) is 5.32 Å². The molecule has 3 rings (SSSR count). The van der Waals surface area contributed by atoms with Gasteiger partial charge in [-0.3, -0.25) is 4.79 Å². The highest BCUT2D eigenvalue weighted by Crippen LogP contribution is 2.25. The first kappa shape index (κ1) is 17.9. The van der Waals surface area contributed by atoms with Crippen LogP contribution in [0.15, 0.2) is 48.5 Å². The average molecular weight is 360 g/mol. The first-order valence-electron chi connectivity index (χ1n) is 8.33. The van der Waals surface area contributed by atoms with Gasteiger partial charge < -0.3 is 14.8 Å². The van der Waals surface area contributed by atoms with E-state index in [2.05, 4.69) is 5.32 Å². The van der Waals surface area contributed by atoms with E-state index in [1.807, 2.05) is 48.5 Å². The van der Waals surface area contributed by atoms with Crippen molar-refractivity contribution in [2.75, 3.05) is 20.3 Å². The molecule has 1 amide bonds. The SMILES string of the molecule is COCc1cccc(C(=O)NC2(Cc3ccc(Cl)cc3)CCOC2)c1. The van der Waals surface area contributed by atoms with Gasteiger partial charge in [0.2, 0.25) is 0 Å². The zero-order valence-corrected chi connectivity index (χ0v) is 15.0. The van der Waals surface area contributed by atoms with E-state index in [9.17, 15) is 4.79 Å². The smallest absolute Gasteiger partial charge is 0.251 e. The molecule has 132 valence electrons. The fourth-order valence-electron chi connectivity index (χ4n) is 3.16. The Morgan fingerprint density at radius 2 is 2.04 bits per heavy atom. The Morgan fingerprint density at radius 3 is 2.72 bits per heavy atom. The number of rotatable bonds is 6. The number of halogens is 1. The Hall–Kier alpha value is -1.88. The lowest BCUT2D eigenvalue weighted by Gasteiger charge is -2.29. The quantitative estimate of drug-likeness (QED) is 0.857. The number of benzene rings is 2. The maximum absolute atomic E-state index is 12.8. The summed E-state index contributed by atoms with van der Waals surface area (Å²) in [5, 5.41) is 3.91. The van der Waals surface area contributed by atoms with E-state index in [0.717, 1.165) is 17.5 Å². The van der Waals surface area contributed by atoms with Crippen molar-refractivity contribution < 1.29 is 14.3 Å². The Kier molecular flexibility index (Phi) is 5.74. The molecule has 1 atom stereocenters. The average Bonchev–Trinajstić information content (AvgIpc) is 3.06. The molecule has 0 spiro atoms. The molecule has 4 nitrogen and oxygen atoms in total. The number of carbonyl (C=O) groups excluding carboxylic acids is 1. The van der Waals surface area contributed by atoms with Gasteiger partial charge in [-0.1, -0.05) is 35.9 Å². The van der Waals surface area contributed by atoms with Gasteiger partial charge in [0.1, 0.15) is 0 Å². The molecule has 2 aromatic carbocycles. The molecule has 25 heavy (non-hydrogen) atoms. The Labute approximate surface area is 153 Å². The summed E-state index contributed by atoms with van der Waals surface area (Å²) >= 11 is 5.96. The minimum atomic E-state index is -0.387. The summed E-state index contributed by atoms with van der Waals surface area (Å²) in [6.07, 6.45) is 1.51. The maximum Gasteiger partial charge on any atom is 0.251 e. The summed E-state index contributed by atoms with van der Waals surface area (Å²) in [7, 11) is 1.64. The van der Waals surface area contributed by atoms with E-state index in [0.29, 0.717) is 36.8 Å². The van der Waals surface area contributed by atoms with Gasteiger partial charge in [-0.2, -0.15) is 0 Å². The lowest BCUT2D eigenvalue weighted by atomic mass is 9.89. The molecular formula is C20H22ClNO3. The highest BCUT2D eigenvalue weighted by molar-refractivity contribution is 6.30. The van der Waals surface area contributed by atoms with Crippen molar-refractivity contribution in [3.05, 3.63) is 70.2 Å². The molecule has 1 aliphatic heterocycles. The van der Waals surface area contributed by atoms with Gasteiger partial charge in [0.25, 0.3) is 5.91 Å². The van der Waals surface area contributed by atoms with Crippen LogP contribution in [0, 0.1) is 0 Å². The van der Waals surface area contributed by atoms with Gasteiger partial charge in [-0.15, -0.1) is 0 Å². The van der Waals surface area contributed by atoms with Crippen molar-refractivity contribution in [3.63, 3.8) is 0 Å². The van der Waals surface area contributed by atoms with Gasteiger partial charge in [0, 0.05) is 24.3 Å². The molecule has 0 aromatic heterocycles. The van der Waals surface area contributed by atoms with Crippen LogP contribution in [0.5, 0.6) is 0 Å². The fourth-order valence-corrected chi connectivity index (χ4v) is 3.29. The molecule has 1 unspecified atom stereocenters. The summed E-state index contributed by atoms with van der Waals surface area (Å²) in [6.45, 7) is 1.65. The van der Waals surface area contributed by atoms with Crippen LogP contribution in [0.4, 0.5) is 0 Å². The van der Waals surface area contributed by atoms with Gasteiger partial charge >= 0.3 is 0 Å². The molecule has 1 saturated heterocycles. The zero-order valence-electron chi connectivity index (χ0n) is 14.3. The van der Waals surface area contributed by atoms with Crippen LogP contribution < -0.4 is 5.32 Å². The van der Waals surface area contributed by atoms with Gasteiger partial charge in [0.15, 0.2) is 0 Å². The molecule has 0 bridgehead atoms. The van der Waals surface area contributed by atoms with Crippen LogP contribution in [0.1, 0.15) is 27.9 Å². The lowest BCUT2D eigenvalue weighted by Crippen LogP contribution is -2.50. The largest absolute Gasteiger partial charge is 0.380 e. The second kappa shape index (κ2) is 8.00. The standard InChI is InChI=1S/C20H22ClNO3/c1-24-13-16-3-2-4-17(11-16)19(23)22-20(9-10-25-14-20)12-15-5-7-18(21)8-6-15/h2-8,11H,9-10,12-14H2,1H3,(H,22,23). The third kappa shape index (κ3) is 4.60. The normalized spacial score (nSPS) is 19.8. The van der Waals surface area contributed by atoms with Crippen molar-refractivity contribution in [2.24, 2.45) is 0 Å². The van der Waals surface area contributed by atoms with Crippen LogP contribution >= 0.6 is 11.6 Å². The van der Waals surface area contributed by atoms with Crippen LogP contribution in [-0.2, 0) is 22.5 Å². The molecular weight excluding hydrogens is 338 g/mol. The molecule has 0 saturated carbocycles. The Bertz CT molecular complexity index is 724. The topological polar surface area (TPSA) is 47.6 Å². The van der Waals surface area contributed by atoms with Crippen molar-refractivity contribution in [3.8, 4) is 0 Å². The van der Waals surface area contributed by atoms with E-state index < -0.39 is 0 Å². The number of methoxy groups -OCH3 is 1. The Balaban J connectivity index is 1.75. The minimum absolute atomic E-state index is 0.0857. The van der Waals surface area contributed by atoms with E-state index >= 15 is 0 Å². The molecule has 0 radical (unpaired) electrons. The fraction of sp³-hybridized carbons (Fsp3) is 0.350. The molecule has 0 aliphatic carbocycles. The lowest BCUT2D eigenvalue weighted by molar-refractivity contribution is 0.0877. The van der Waals surface area contributed by atoms with Gasteiger partial charge in [-0.05, 0) is 48.2 Å². The molecule has 1 N–H and O–H groups in total. The number of amides is 1. The highest BCUT2D eigenvalue weighted by atomic mass is 35.5. The third-order valence-electron chi connectivity index (χ3n) is 4.44. The molecule has 2 aromatic rings. The van der Waals surface area contributed by atoms with E-state index in [-0.39, 0.29) is 11.4 Å². The molecule has 1 aliphatic rings. The number of hydrogen-bond donors (Lipinski definition) is 1. The van der Waals surface area contributed by atoms with Crippen LogP contribution in [0.3, 0.4) is 0 Å². The molecule has 5 heteroatoms. The number of hydrogen-bond acceptors (Lipinski definition) is 3. The number of ether oxygens (including phenoxy) is 2.